The van der Waals surface area contributed by atoms with Crippen molar-refractivity contribution in [3.8, 4) is 56.4 Å². The molecule has 0 N–H and O–H groups in total. The number of hydrogen-bond donors (Lipinski definition) is 0. The molecule has 0 atom stereocenters. The monoisotopic (exact) mass is 641 g/mol. The normalized spacial score (nSPS) is 11.6. The summed E-state index contributed by atoms with van der Waals surface area (Å²) in [5.41, 5.74) is 10.7. The van der Waals surface area contributed by atoms with Gasteiger partial charge in [0.1, 0.15) is 22.3 Å². The van der Waals surface area contributed by atoms with Crippen molar-refractivity contribution in [2.24, 2.45) is 0 Å². The van der Waals surface area contributed by atoms with Crippen molar-refractivity contribution in [3.05, 3.63) is 164 Å². The van der Waals surface area contributed by atoms with E-state index in [1.54, 1.807) is 0 Å². The largest absolute Gasteiger partial charge is 0.456 e. The van der Waals surface area contributed by atoms with Gasteiger partial charge in [-0.2, -0.15) is 0 Å². The first-order valence-corrected chi connectivity index (χ1v) is 16.6. The highest BCUT2D eigenvalue weighted by Crippen LogP contribution is 2.35. The van der Waals surface area contributed by atoms with Crippen LogP contribution in [0.15, 0.2) is 173 Å². The number of hydrogen-bond acceptors (Lipinski definition) is 5. The number of para-hydroxylation sites is 2. The Kier molecular flexibility index (Phi) is 6.42. The molecule has 0 radical (unpaired) electrons. The maximum absolute atomic E-state index is 6.19. The van der Waals surface area contributed by atoms with Crippen LogP contribution >= 0.6 is 0 Å². The van der Waals surface area contributed by atoms with Gasteiger partial charge < -0.3 is 8.83 Å². The molecule has 0 unspecified atom stereocenters. The molecule has 0 fully saturated rings. The second kappa shape index (κ2) is 11.4. The van der Waals surface area contributed by atoms with Crippen molar-refractivity contribution in [2.75, 3.05) is 0 Å². The molecule has 5 heteroatoms. The lowest BCUT2D eigenvalue weighted by molar-refractivity contribution is 0.668. The highest BCUT2D eigenvalue weighted by Gasteiger charge is 2.15. The van der Waals surface area contributed by atoms with E-state index in [9.17, 15) is 0 Å². The molecule has 10 aromatic rings. The quantitative estimate of drug-likeness (QED) is 0.187. The maximum Gasteiger partial charge on any atom is 0.164 e. The van der Waals surface area contributed by atoms with Crippen molar-refractivity contribution < 1.29 is 8.83 Å². The van der Waals surface area contributed by atoms with E-state index >= 15 is 0 Å². The Bertz CT molecular complexity index is 2870. The number of nitrogens with zero attached hydrogens (tertiary/aromatic N) is 3. The van der Waals surface area contributed by atoms with Gasteiger partial charge in [0.2, 0.25) is 0 Å². The van der Waals surface area contributed by atoms with E-state index in [4.69, 9.17) is 23.8 Å². The lowest BCUT2D eigenvalue weighted by Gasteiger charge is -2.10. The zero-order valence-corrected chi connectivity index (χ0v) is 26.7. The van der Waals surface area contributed by atoms with E-state index in [1.807, 2.05) is 66.7 Å². The van der Waals surface area contributed by atoms with Crippen molar-refractivity contribution in [1.29, 1.82) is 0 Å². The van der Waals surface area contributed by atoms with Crippen LogP contribution in [0.4, 0.5) is 0 Å². The first-order valence-electron chi connectivity index (χ1n) is 16.6. The minimum atomic E-state index is 0.593. The molecule has 0 amide bonds. The Morgan fingerprint density at radius 3 is 1.46 bits per heavy atom. The Balaban J connectivity index is 1.02. The second-order valence-electron chi connectivity index (χ2n) is 12.4. The minimum Gasteiger partial charge on any atom is -0.456 e. The first kappa shape index (κ1) is 28.2. The van der Waals surface area contributed by atoms with Crippen LogP contribution in [0.5, 0.6) is 0 Å². The van der Waals surface area contributed by atoms with Crippen LogP contribution < -0.4 is 0 Å². The predicted molar refractivity (Wildman–Crippen MR) is 202 cm³/mol. The van der Waals surface area contributed by atoms with E-state index in [-0.39, 0.29) is 0 Å². The van der Waals surface area contributed by atoms with Crippen molar-refractivity contribution in [1.82, 2.24) is 15.0 Å². The highest BCUT2D eigenvalue weighted by atomic mass is 16.3. The average molecular weight is 642 g/mol. The van der Waals surface area contributed by atoms with Gasteiger partial charge in [-0.15, -0.1) is 0 Å². The van der Waals surface area contributed by atoms with Gasteiger partial charge in [-0.3, -0.25) is 0 Å². The third kappa shape index (κ3) is 4.83. The first-order chi connectivity index (χ1) is 24.7. The molecule has 10 rings (SSSR count). The van der Waals surface area contributed by atoms with E-state index in [2.05, 4.69) is 97.1 Å². The third-order valence-corrected chi connectivity index (χ3v) is 9.35. The lowest BCUT2D eigenvalue weighted by atomic mass is 9.97. The van der Waals surface area contributed by atoms with Gasteiger partial charge in [0.15, 0.2) is 17.5 Å². The van der Waals surface area contributed by atoms with Crippen LogP contribution in [-0.4, -0.2) is 15.0 Å². The summed E-state index contributed by atoms with van der Waals surface area (Å²) >= 11 is 0. The smallest absolute Gasteiger partial charge is 0.164 e. The summed E-state index contributed by atoms with van der Waals surface area (Å²) < 4.78 is 12.3. The molecule has 5 nitrogen and oxygen atoms in total. The Morgan fingerprint density at radius 2 is 0.720 bits per heavy atom. The molecule has 3 aromatic heterocycles. The molecular formula is C45H27N3O2. The molecule has 0 aliphatic rings. The van der Waals surface area contributed by atoms with Gasteiger partial charge in [-0.05, 0) is 64.7 Å². The summed E-state index contributed by atoms with van der Waals surface area (Å²) in [6, 6.07) is 56.0. The molecule has 0 bridgehead atoms. The van der Waals surface area contributed by atoms with Crippen LogP contribution in [-0.2, 0) is 0 Å². The van der Waals surface area contributed by atoms with Gasteiger partial charge in [-0.25, -0.2) is 15.0 Å². The number of fused-ring (bicyclic) bond motifs is 6. The van der Waals surface area contributed by atoms with Crippen LogP contribution in [0, 0.1) is 0 Å². The molecule has 7 aromatic carbocycles. The maximum atomic E-state index is 6.19. The molecule has 0 spiro atoms. The summed E-state index contributed by atoms with van der Waals surface area (Å²) in [5, 5.41) is 4.41. The zero-order chi connectivity index (χ0) is 33.0. The molecule has 50 heavy (non-hydrogen) atoms. The van der Waals surface area contributed by atoms with Crippen LogP contribution in [0.1, 0.15) is 0 Å². The summed E-state index contributed by atoms with van der Waals surface area (Å²) in [4.78, 5) is 14.9. The van der Waals surface area contributed by atoms with E-state index < -0.39 is 0 Å². The molecular weight excluding hydrogens is 615 g/mol. The van der Waals surface area contributed by atoms with Crippen LogP contribution in [0.2, 0.25) is 0 Å². The zero-order valence-electron chi connectivity index (χ0n) is 26.7. The van der Waals surface area contributed by atoms with Crippen LogP contribution in [0.25, 0.3) is 100 Å². The fourth-order valence-corrected chi connectivity index (χ4v) is 6.81. The van der Waals surface area contributed by atoms with E-state index in [0.29, 0.717) is 17.5 Å². The van der Waals surface area contributed by atoms with E-state index in [1.165, 1.54) is 0 Å². The topological polar surface area (TPSA) is 65.0 Å². The van der Waals surface area contributed by atoms with Crippen LogP contribution in [0.3, 0.4) is 0 Å². The van der Waals surface area contributed by atoms with E-state index in [0.717, 1.165) is 82.8 Å². The highest BCUT2D eigenvalue weighted by molar-refractivity contribution is 6.07. The third-order valence-electron chi connectivity index (χ3n) is 9.35. The molecule has 0 saturated carbocycles. The summed E-state index contributed by atoms with van der Waals surface area (Å²) in [6.07, 6.45) is 0. The SMILES string of the molecule is c1ccc(-c2nc(-c3ccc(-c4cccc(-c5ccc6oc7ccccc7c6c5)c4)cc3)nc(-c3ccc4c(c3)oc3ccccc34)n2)cc1. The van der Waals surface area contributed by atoms with Gasteiger partial charge in [0.25, 0.3) is 0 Å². The van der Waals surface area contributed by atoms with Crippen molar-refractivity contribution >= 4 is 43.9 Å². The Hall–Kier alpha value is -6.85. The van der Waals surface area contributed by atoms with Crippen molar-refractivity contribution in [2.45, 2.75) is 0 Å². The Labute approximate surface area is 287 Å². The molecule has 0 aliphatic carbocycles. The molecule has 0 saturated heterocycles. The number of rotatable bonds is 5. The summed E-state index contributed by atoms with van der Waals surface area (Å²) in [7, 11) is 0. The lowest BCUT2D eigenvalue weighted by Crippen LogP contribution is -2.00. The standard InChI is InChI=1S/C45H27N3O2/c1-2-9-29(10-3-1)43-46-44(48-45(47-43)34-21-23-37-35-13-4-6-15-39(35)50-42(37)27-34)30-19-17-28(18-20-30)31-11-8-12-32(25-31)33-22-24-41-38(26-33)36-14-5-7-16-40(36)49-41/h1-27H. The summed E-state index contributed by atoms with van der Waals surface area (Å²) in [6.45, 7) is 0. The fourth-order valence-electron chi connectivity index (χ4n) is 6.81. The van der Waals surface area contributed by atoms with Gasteiger partial charge in [0, 0.05) is 38.2 Å². The number of benzene rings is 7. The fraction of sp³-hybridized carbons (Fsp3) is 0. The molecule has 0 aliphatic heterocycles. The summed E-state index contributed by atoms with van der Waals surface area (Å²) in [5.74, 6) is 1.82. The van der Waals surface area contributed by atoms with Gasteiger partial charge in [-0.1, -0.05) is 121 Å². The number of aromatic nitrogens is 3. The molecule has 234 valence electrons. The number of furan rings is 2. The molecule has 3 heterocycles. The second-order valence-corrected chi connectivity index (χ2v) is 12.4. The van der Waals surface area contributed by atoms with Gasteiger partial charge >= 0.3 is 0 Å². The average Bonchev–Trinajstić information content (AvgIpc) is 3.76. The van der Waals surface area contributed by atoms with Gasteiger partial charge in [0.05, 0.1) is 0 Å². The minimum absolute atomic E-state index is 0.593. The predicted octanol–water partition coefficient (Wildman–Crippen LogP) is 12.0. The Morgan fingerprint density at radius 1 is 0.260 bits per heavy atom. The van der Waals surface area contributed by atoms with Crippen molar-refractivity contribution in [3.63, 3.8) is 0 Å².